The molecule has 0 fully saturated rings. The summed E-state index contributed by atoms with van der Waals surface area (Å²) in [6.45, 7) is 6.53. The molecule has 0 heterocycles. The Bertz CT molecular complexity index is 207. The van der Waals surface area contributed by atoms with Crippen molar-refractivity contribution in [2.24, 2.45) is 0 Å². The topological polar surface area (TPSA) is 54.4 Å². The van der Waals surface area contributed by atoms with E-state index >= 15 is 0 Å². The van der Waals surface area contributed by atoms with E-state index in [2.05, 4.69) is 19.6 Å². The van der Waals surface area contributed by atoms with Gasteiger partial charge in [-0.2, -0.15) is 8.42 Å². The van der Waals surface area contributed by atoms with E-state index in [1.54, 1.807) is 0 Å². The summed E-state index contributed by atoms with van der Waals surface area (Å²) in [6.07, 6.45) is 0.592. The van der Waals surface area contributed by atoms with Crippen LogP contribution < -0.4 is 0 Å². The Hall–Kier alpha value is 1.13. The van der Waals surface area contributed by atoms with E-state index in [4.69, 9.17) is 4.55 Å². The molecule has 0 aromatic carbocycles. The van der Waals surface area contributed by atoms with Gasteiger partial charge in [0, 0.05) is 8.07 Å². The average molecular weight is 220 g/mol. The normalized spacial score (nSPS) is 12.3. The van der Waals surface area contributed by atoms with Crippen LogP contribution in [-0.4, -0.2) is 56.4 Å². The van der Waals surface area contributed by atoms with Gasteiger partial charge in [0.05, 0.1) is 5.75 Å². The molecule has 6 heteroatoms. The van der Waals surface area contributed by atoms with Crippen molar-refractivity contribution in [1.82, 2.24) is 0 Å². The van der Waals surface area contributed by atoms with Crippen LogP contribution in [0.15, 0.2) is 0 Å². The van der Waals surface area contributed by atoms with Crippen LogP contribution in [0.3, 0.4) is 0 Å². The molecule has 0 atom stereocenters. The second-order valence-corrected chi connectivity index (χ2v) is 11.1. The maximum atomic E-state index is 10.3. The van der Waals surface area contributed by atoms with Crippen molar-refractivity contribution in [2.75, 3.05) is 5.75 Å². The zero-order valence-corrected chi connectivity index (χ0v) is 9.11. The fourth-order valence-electron chi connectivity index (χ4n) is 0.785. The number of hydrogen-bond acceptors (Lipinski definition) is 2. The molecule has 0 radical (unpaired) electrons. The van der Waals surface area contributed by atoms with Crippen LogP contribution in [0.2, 0.25) is 25.7 Å². The Kier molecular flexibility index (Phi) is 7.50. The zero-order chi connectivity index (χ0) is 9.12. The van der Waals surface area contributed by atoms with Gasteiger partial charge < -0.3 is 0 Å². The average Bonchev–Trinajstić information content (AvgIpc) is 1.55. The molecule has 0 saturated heterocycles. The molecule has 0 rings (SSSR count). The minimum absolute atomic E-state index is 0. The van der Waals surface area contributed by atoms with E-state index in [9.17, 15) is 8.42 Å². The number of rotatable bonds is 4. The van der Waals surface area contributed by atoms with Crippen molar-refractivity contribution < 1.29 is 13.0 Å². The van der Waals surface area contributed by atoms with Gasteiger partial charge in [-0.1, -0.05) is 25.7 Å². The zero-order valence-electron chi connectivity index (χ0n) is 7.29. The fourth-order valence-corrected chi connectivity index (χ4v) is 2.79. The summed E-state index contributed by atoms with van der Waals surface area (Å²) in [7, 11) is -4.86. The molecule has 0 aliphatic heterocycles. The molecule has 0 amide bonds. The van der Waals surface area contributed by atoms with Crippen LogP contribution in [0.4, 0.5) is 0 Å². The third kappa shape index (κ3) is 13.7. The molecule has 0 aromatic rings. The first-order valence-electron chi connectivity index (χ1n) is 3.66. The minimum atomic E-state index is -3.72. The van der Waals surface area contributed by atoms with Crippen molar-refractivity contribution in [3.63, 3.8) is 0 Å². The van der Waals surface area contributed by atoms with Gasteiger partial charge in [0.25, 0.3) is 10.1 Å². The second kappa shape index (κ2) is 5.77. The Labute approximate surface area is 98.0 Å². The van der Waals surface area contributed by atoms with Crippen molar-refractivity contribution in [1.29, 1.82) is 0 Å². The van der Waals surface area contributed by atoms with E-state index < -0.39 is 18.2 Å². The van der Waals surface area contributed by atoms with Crippen molar-refractivity contribution in [3.8, 4) is 0 Å². The molecule has 0 aliphatic rings. The van der Waals surface area contributed by atoms with E-state index in [-0.39, 0.29) is 35.3 Å². The van der Waals surface area contributed by atoms with Gasteiger partial charge in [-0.3, -0.25) is 4.55 Å². The standard InChI is InChI=1S/C6H16O3SSi.Na.H/c1-11(2,3)6-4-5-10(7,8)9;;/h4-6H2,1-3H3,(H,7,8,9);;. The van der Waals surface area contributed by atoms with Gasteiger partial charge in [0.1, 0.15) is 0 Å². The van der Waals surface area contributed by atoms with E-state index in [0.29, 0.717) is 6.42 Å². The molecule has 70 valence electrons. The molecule has 1 N–H and O–H groups in total. The van der Waals surface area contributed by atoms with Crippen molar-refractivity contribution in [3.05, 3.63) is 0 Å². The number of hydrogen-bond donors (Lipinski definition) is 1. The van der Waals surface area contributed by atoms with Gasteiger partial charge in [-0.05, 0) is 6.42 Å². The first kappa shape index (κ1) is 15.6. The Morgan fingerprint density at radius 1 is 1.25 bits per heavy atom. The predicted molar refractivity (Wildman–Crippen MR) is 56.3 cm³/mol. The summed E-state index contributed by atoms with van der Waals surface area (Å²) < 4.78 is 29.0. The maximum absolute atomic E-state index is 10.3. The Morgan fingerprint density at radius 2 is 1.67 bits per heavy atom. The summed E-state index contributed by atoms with van der Waals surface area (Å²) in [6, 6.07) is 0.951. The Balaban J connectivity index is 0. The van der Waals surface area contributed by atoms with Crippen LogP contribution >= 0.6 is 0 Å². The summed E-state index contributed by atoms with van der Waals surface area (Å²) in [4.78, 5) is 0. The summed E-state index contributed by atoms with van der Waals surface area (Å²) in [5.74, 6) is -0.0860. The molecule has 12 heavy (non-hydrogen) atoms. The molecule has 3 nitrogen and oxygen atoms in total. The SMILES string of the molecule is C[Si](C)(C)CCCS(=O)(=O)O.[NaH]. The second-order valence-electron chi connectivity index (χ2n) is 3.95. The summed E-state index contributed by atoms with van der Waals surface area (Å²) in [5.41, 5.74) is 0. The van der Waals surface area contributed by atoms with Crippen molar-refractivity contribution in [2.45, 2.75) is 32.1 Å². The first-order chi connectivity index (χ1) is 4.71. The van der Waals surface area contributed by atoms with E-state index in [0.717, 1.165) is 6.04 Å². The monoisotopic (exact) mass is 220 g/mol. The molecular weight excluding hydrogens is 203 g/mol. The summed E-state index contributed by atoms with van der Waals surface area (Å²) >= 11 is 0. The van der Waals surface area contributed by atoms with Gasteiger partial charge in [0.15, 0.2) is 0 Å². The Morgan fingerprint density at radius 3 is 1.92 bits per heavy atom. The van der Waals surface area contributed by atoms with Crippen LogP contribution in [0.1, 0.15) is 6.42 Å². The predicted octanol–water partition coefficient (Wildman–Crippen LogP) is 0.954. The van der Waals surface area contributed by atoms with Gasteiger partial charge in [0.2, 0.25) is 0 Å². The molecule has 0 unspecified atom stereocenters. The molecule has 0 spiro atoms. The van der Waals surface area contributed by atoms with Crippen LogP contribution in [-0.2, 0) is 10.1 Å². The van der Waals surface area contributed by atoms with Crippen LogP contribution in [0, 0.1) is 0 Å². The van der Waals surface area contributed by atoms with Crippen LogP contribution in [0.25, 0.3) is 0 Å². The molecular formula is C6H17NaO3SSi. The van der Waals surface area contributed by atoms with Gasteiger partial charge in [-0.25, -0.2) is 0 Å². The summed E-state index contributed by atoms with van der Waals surface area (Å²) in [5, 5.41) is 0. The molecule has 0 aliphatic carbocycles. The quantitative estimate of drug-likeness (QED) is 0.567. The third-order valence-corrected chi connectivity index (χ3v) is 3.99. The van der Waals surface area contributed by atoms with E-state index in [1.807, 2.05) is 0 Å². The first-order valence-corrected chi connectivity index (χ1v) is 8.97. The third-order valence-electron chi connectivity index (χ3n) is 1.33. The molecule has 0 bridgehead atoms. The van der Waals surface area contributed by atoms with Gasteiger partial charge in [-0.15, -0.1) is 0 Å². The molecule has 0 saturated carbocycles. The fraction of sp³-hybridized carbons (Fsp3) is 1.00. The van der Waals surface area contributed by atoms with Gasteiger partial charge >= 0.3 is 29.6 Å². The van der Waals surface area contributed by atoms with E-state index in [1.165, 1.54) is 0 Å². The van der Waals surface area contributed by atoms with Crippen molar-refractivity contribution >= 4 is 47.7 Å². The van der Waals surface area contributed by atoms with Crippen LogP contribution in [0.5, 0.6) is 0 Å². The molecule has 0 aromatic heterocycles.